The van der Waals surface area contributed by atoms with Crippen LogP contribution in [0.5, 0.6) is 0 Å². The lowest BCUT2D eigenvalue weighted by Crippen LogP contribution is -2.11. The quantitative estimate of drug-likeness (QED) is 0.181. The van der Waals surface area contributed by atoms with Crippen molar-refractivity contribution in [3.8, 4) is 5.69 Å². The van der Waals surface area contributed by atoms with E-state index in [1.165, 1.54) is 90.0 Å². The van der Waals surface area contributed by atoms with E-state index in [-0.39, 0.29) is 0 Å². The molecule has 0 fully saturated rings. The predicted molar refractivity (Wildman–Crippen MR) is 219 cm³/mol. The Labute approximate surface area is 296 Å². The van der Waals surface area contributed by atoms with Crippen molar-refractivity contribution in [3.63, 3.8) is 0 Å². The molecule has 50 heavy (non-hydrogen) atoms. The molecule has 0 atom stereocenters. The van der Waals surface area contributed by atoms with Gasteiger partial charge in [0.05, 0.1) is 32.8 Å². The Hall–Kier alpha value is -5.94. The van der Waals surface area contributed by atoms with E-state index >= 15 is 0 Å². The van der Waals surface area contributed by atoms with Crippen molar-refractivity contribution in [2.24, 2.45) is 0 Å². The molecular weight excluding hydrogens is 645 g/mol. The molecule has 0 amide bonds. The number of aromatic nitrogens is 1. The van der Waals surface area contributed by atoms with Crippen molar-refractivity contribution in [1.82, 2.24) is 4.57 Å². The van der Waals surface area contributed by atoms with E-state index in [2.05, 4.69) is 179 Å². The van der Waals surface area contributed by atoms with E-state index in [0.29, 0.717) is 0 Å². The molecule has 0 saturated carbocycles. The third kappa shape index (κ3) is 4.01. The van der Waals surface area contributed by atoms with Gasteiger partial charge in [-0.3, -0.25) is 0 Å². The molecule has 8 aromatic carbocycles. The number of thiophene rings is 2. The number of fused-ring (bicyclic) bond motifs is 10. The van der Waals surface area contributed by atoms with Gasteiger partial charge >= 0.3 is 0 Å². The maximum absolute atomic E-state index is 2.56. The second kappa shape index (κ2) is 10.8. The number of para-hydroxylation sites is 2. The third-order valence-corrected chi connectivity index (χ3v) is 12.5. The minimum Gasteiger partial charge on any atom is -0.309 e. The number of rotatable bonds is 4. The highest BCUT2D eigenvalue weighted by Gasteiger charge is 2.25. The fraction of sp³-hybridized carbons (Fsp3) is 0. The maximum Gasteiger partial charge on any atom is 0.0640 e. The minimum atomic E-state index is 1.16. The fourth-order valence-electron chi connectivity index (χ4n) is 8.02. The largest absolute Gasteiger partial charge is 0.309 e. The summed E-state index contributed by atoms with van der Waals surface area (Å²) >= 11 is 3.77. The van der Waals surface area contributed by atoms with Gasteiger partial charge in [-0.15, -0.1) is 22.7 Å². The summed E-state index contributed by atoms with van der Waals surface area (Å²) in [7, 11) is 0. The zero-order chi connectivity index (χ0) is 32.8. The SMILES string of the molecule is c1ccc(-n2c3ccccc3c3c(N(c4cccc5c4sc4ccccc45)c4cccc5sc6cc7ccccc7cc6c45)cccc32)cc1. The van der Waals surface area contributed by atoms with E-state index in [4.69, 9.17) is 0 Å². The number of hydrogen-bond donors (Lipinski definition) is 0. The Morgan fingerprint density at radius 2 is 1.00 bits per heavy atom. The van der Waals surface area contributed by atoms with E-state index in [1.807, 2.05) is 22.7 Å². The first-order valence-corrected chi connectivity index (χ1v) is 18.6. The van der Waals surface area contributed by atoms with Crippen LogP contribution in [-0.2, 0) is 0 Å². The summed E-state index contributed by atoms with van der Waals surface area (Å²) in [5.41, 5.74) is 7.11. The number of anilines is 3. The molecule has 0 aliphatic rings. The Morgan fingerprint density at radius 1 is 0.380 bits per heavy atom. The van der Waals surface area contributed by atoms with E-state index < -0.39 is 0 Å². The first kappa shape index (κ1) is 28.0. The van der Waals surface area contributed by atoms with E-state index in [9.17, 15) is 0 Å². The summed E-state index contributed by atoms with van der Waals surface area (Å²) < 4.78 is 7.61. The summed E-state index contributed by atoms with van der Waals surface area (Å²) in [5.74, 6) is 0. The van der Waals surface area contributed by atoms with Crippen molar-refractivity contribution in [3.05, 3.63) is 170 Å². The lowest BCUT2D eigenvalue weighted by atomic mass is 10.0. The molecule has 234 valence electrons. The van der Waals surface area contributed by atoms with Crippen LogP contribution in [0.2, 0.25) is 0 Å². The molecule has 0 spiro atoms. The summed E-state index contributed by atoms with van der Waals surface area (Å²) in [5, 5.41) is 10.2. The summed E-state index contributed by atoms with van der Waals surface area (Å²) in [6.07, 6.45) is 0. The Bertz CT molecular complexity index is 3110. The van der Waals surface area contributed by atoms with Crippen LogP contribution in [-0.4, -0.2) is 4.57 Å². The van der Waals surface area contributed by atoms with Crippen LogP contribution in [0.1, 0.15) is 0 Å². The topological polar surface area (TPSA) is 8.17 Å². The first-order chi connectivity index (χ1) is 24.8. The fourth-order valence-corrected chi connectivity index (χ4v) is 10.4. The Morgan fingerprint density at radius 3 is 1.88 bits per heavy atom. The molecule has 0 bridgehead atoms. The lowest BCUT2D eigenvalue weighted by Gasteiger charge is -2.28. The third-order valence-electron chi connectivity index (χ3n) is 10.1. The lowest BCUT2D eigenvalue weighted by molar-refractivity contribution is 1.18. The van der Waals surface area contributed by atoms with Crippen molar-refractivity contribution in [2.45, 2.75) is 0 Å². The molecule has 3 heterocycles. The van der Waals surface area contributed by atoms with Crippen molar-refractivity contribution in [2.75, 3.05) is 4.90 Å². The van der Waals surface area contributed by atoms with Gasteiger partial charge in [-0.2, -0.15) is 0 Å². The maximum atomic E-state index is 2.56. The Kier molecular flexibility index (Phi) is 6.03. The van der Waals surface area contributed by atoms with Crippen LogP contribution in [0.25, 0.3) is 78.6 Å². The van der Waals surface area contributed by atoms with Crippen LogP contribution in [0.15, 0.2) is 170 Å². The van der Waals surface area contributed by atoms with Gasteiger partial charge in [-0.05, 0) is 77.5 Å². The number of hydrogen-bond acceptors (Lipinski definition) is 3. The molecule has 11 aromatic rings. The van der Waals surface area contributed by atoms with Gasteiger partial charge in [0.2, 0.25) is 0 Å². The average molecular weight is 673 g/mol. The van der Waals surface area contributed by atoms with Crippen LogP contribution < -0.4 is 4.90 Å². The molecule has 0 aliphatic heterocycles. The average Bonchev–Trinajstić information content (AvgIpc) is 3.84. The van der Waals surface area contributed by atoms with Crippen LogP contribution in [0.3, 0.4) is 0 Å². The van der Waals surface area contributed by atoms with Gasteiger partial charge in [0.25, 0.3) is 0 Å². The minimum absolute atomic E-state index is 1.16. The molecule has 0 aliphatic carbocycles. The zero-order valence-electron chi connectivity index (χ0n) is 26.9. The molecule has 0 unspecified atom stereocenters. The van der Waals surface area contributed by atoms with E-state index in [0.717, 1.165) is 5.69 Å². The highest BCUT2D eigenvalue weighted by molar-refractivity contribution is 7.26. The van der Waals surface area contributed by atoms with Crippen LogP contribution in [0, 0.1) is 0 Å². The van der Waals surface area contributed by atoms with Gasteiger partial charge in [-0.1, -0.05) is 103 Å². The number of nitrogens with zero attached hydrogens (tertiary/aromatic N) is 2. The van der Waals surface area contributed by atoms with Crippen LogP contribution in [0.4, 0.5) is 17.1 Å². The molecule has 11 rings (SSSR count). The smallest absolute Gasteiger partial charge is 0.0640 e. The van der Waals surface area contributed by atoms with Gasteiger partial charge in [0.1, 0.15) is 0 Å². The molecular formula is C46H28N2S2. The van der Waals surface area contributed by atoms with Gasteiger partial charge in [0.15, 0.2) is 0 Å². The van der Waals surface area contributed by atoms with Gasteiger partial charge in [0, 0.05) is 52.1 Å². The molecule has 0 saturated heterocycles. The summed E-state index contributed by atoms with van der Waals surface area (Å²) in [4.78, 5) is 2.56. The van der Waals surface area contributed by atoms with Gasteiger partial charge in [-0.25, -0.2) is 0 Å². The van der Waals surface area contributed by atoms with Gasteiger partial charge < -0.3 is 9.47 Å². The van der Waals surface area contributed by atoms with Crippen molar-refractivity contribution in [1.29, 1.82) is 0 Å². The number of benzene rings is 8. The molecule has 4 heteroatoms. The standard InChI is InChI=1S/C46H28N2S2/c1-2-15-31(16-3-1)47-36-20-8-6-18-34(36)44-37(47)21-11-22-38(44)48(40-24-10-19-33-32-17-7-9-25-41(32)50-46(33)40)39-23-12-26-42-45(39)35-27-29-13-4-5-14-30(29)28-43(35)49-42/h1-28H. The summed E-state index contributed by atoms with van der Waals surface area (Å²) in [6, 6.07) is 62.4. The Balaban J connectivity index is 1.31. The van der Waals surface area contributed by atoms with Crippen molar-refractivity contribution >= 4 is 113 Å². The highest BCUT2D eigenvalue weighted by Crippen LogP contribution is 2.51. The second-order valence-electron chi connectivity index (χ2n) is 12.9. The van der Waals surface area contributed by atoms with Crippen LogP contribution >= 0.6 is 22.7 Å². The molecule has 0 radical (unpaired) electrons. The monoisotopic (exact) mass is 672 g/mol. The molecule has 0 N–H and O–H groups in total. The summed E-state index contributed by atoms with van der Waals surface area (Å²) in [6.45, 7) is 0. The highest BCUT2D eigenvalue weighted by atomic mass is 32.1. The normalized spacial score (nSPS) is 12.0. The first-order valence-electron chi connectivity index (χ1n) is 16.9. The molecule has 3 aromatic heterocycles. The van der Waals surface area contributed by atoms with Crippen molar-refractivity contribution < 1.29 is 0 Å². The zero-order valence-corrected chi connectivity index (χ0v) is 28.5. The molecule has 2 nitrogen and oxygen atoms in total. The van der Waals surface area contributed by atoms with E-state index in [1.54, 1.807) is 0 Å². The second-order valence-corrected chi connectivity index (χ2v) is 15.0. The predicted octanol–water partition coefficient (Wildman–Crippen LogP) is 14.1.